The number of rotatable bonds is 6. The standard InChI is InChI=1S/C14H25N3O4/c1-14(2,3)7-10(6-12(19)20)17-13(21)15-8-9-4-5-11(18)16-9/h9-10H,4-8H2,1-3H3,(H,16,18)(H,19,20)(H2,15,17,21). The van der Waals surface area contributed by atoms with Gasteiger partial charge in [0.05, 0.1) is 6.42 Å². The lowest BCUT2D eigenvalue weighted by Gasteiger charge is -2.26. The van der Waals surface area contributed by atoms with E-state index >= 15 is 0 Å². The number of carboxylic acids is 1. The smallest absolute Gasteiger partial charge is 0.315 e. The quantitative estimate of drug-likeness (QED) is 0.583. The van der Waals surface area contributed by atoms with Gasteiger partial charge < -0.3 is 21.1 Å². The van der Waals surface area contributed by atoms with Gasteiger partial charge in [-0.2, -0.15) is 0 Å². The maximum Gasteiger partial charge on any atom is 0.315 e. The maximum absolute atomic E-state index is 11.8. The summed E-state index contributed by atoms with van der Waals surface area (Å²) in [4.78, 5) is 33.7. The molecule has 2 atom stereocenters. The van der Waals surface area contributed by atoms with Gasteiger partial charge in [-0.3, -0.25) is 9.59 Å². The molecule has 0 aromatic heterocycles. The van der Waals surface area contributed by atoms with Crippen LogP contribution in [0.3, 0.4) is 0 Å². The Bertz CT molecular complexity index is 404. The van der Waals surface area contributed by atoms with Gasteiger partial charge in [0.2, 0.25) is 5.91 Å². The molecule has 3 amide bonds. The van der Waals surface area contributed by atoms with E-state index in [0.29, 0.717) is 25.8 Å². The van der Waals surface area contributed by atoms with Gasteiger partial charge in [0.1, 0.15) is 0 Å². The molecule has 0 aromatic rings. The molecule has 7 nitrogen and oxygen atoms in total. The fraction of sp³-hybridized carbons (Fsp3) is 0.786. The van der Waals surface area contributed by atoms with E-state index in [1.54, 1.807) is 0 Å². The van der Waals surface area contributed by atoms with E-state index in [0.717, 1.165) is 0 Å². The predicted molar refractivity (Wildman–Crippen MR) is 77.8 cm³/mol. The number of urea groups is 1. The normalized spacial score (nSPS) is 19.8. The highest BCUT2D eigenvalue weighted by molar-refractivity contribution is 5.79. The highest BCUT2D eigenvalue weighted by Crippen LogP contribution is 2.22. The number of hydrogen-bond donors (Lipinski definition) is 4. The number of carboxylic acid groups (broad SMARTS) is 1. The summed E-state index contributed by atoms with van der Waals surface area (Å²) in [7, 11) is 0. The van der Waals surface area contributed by atoms with Crippen molar-refractivity contribution in [3.63, 3.8) is 0 Å². The van der Waals surface area contributed by atoms with E-state index in [1.807, 2.05) is 20.8 Å². The Morgan fingerprint density at radius 2 is 2.10 bits per heavy atom. The molecule has 1 saturated heterocycles. The first-order valence-corrected chi connectivity index (χ1v) is 7.21. The Labute approximate surface area is 124 Å². The third-order valence-corrected chi connectivity index (χ3v) is 3.21. The van der Waals surface area contributed by atoms with Crippen LogP contribution in [0.2, 0.25) is 0 Å². The molecule has 1 heterocycles. The molecule has 21 heavy (non-hydrogen) atoms. The Kier molecular flexibility index (Phi) is 5.99. The van der Waals surface area contributed by atoms with Crippen molar-refractivity contribution in [3.8, 4) is 0 Å². The van der Waals surface area contributed by atoms with Gasteiger partial charge >= 0.3 is 12.0 Å². The minimum absolute atomic E-state index is 0.00121. The molecular formula is C14H25N3O4. The van der Waals surface area contributed by atoms with E-state index in [-0.39, 0.29) is 23.8 Å². The van der Waals surface area contributed by atoms with Crippen LogP contribution in [0.4, 0.5) is 4.79 Å². The van der Waals surface area contributed by atoms with E-state index in [9.17, 15) is 14.4 Å². The van der Waals surface area contributed by atoms with Crippen LogP contribution < -0.4 is 16.0 Å². The second-order valence-corrected chi connectivity index (χ2v) is 6.72. The first-order chi connectivity index (χ1) is 9.65. The summed E-state index contributed by atoms with van der Waals surface area (Å²) in [5.74, 6) is -0.939. The molecule has 7 heteroatoms. The lowest BCUT2D eigenvalue weighted by atomic mass is 9.87. The highest BCUT2D eigenvalue weighted by atomic mass is 16.4. The summed E-state index contributed by atoms with van der Waals surface area (Å²) in [6, 6.07) is -0.851. The molecule has 2 unspecified atom stereocenters. The van der Waals surface area contributed by atoms with Gasteiger partial charge in [0.15, 0.2) is 0 Å². The largest absolute Gasteiger partial charge is 0.481 e. The average molecular weight is 299 g/mol. The van der Waals surface area contributed by atoms with Gasteiger partial charge in [-0.1, -0.05) is 20.8 Å². The number of carbonyl (C=O) groups excluding carboxylic acids is 2. The number of nitrogens with one attached hydrogen (secondary N) is 3. The van der Waals surface area contributed by atoms with Crippen LogP contribution >= 0.6 is 0 Å². The molecule has 0 spiro atoms. The van der Waals surface area contributed by atoms with Gasteiger partial charge in [0.25, 0.3) is 0 Å². The van der Waals surface area contributed by atoms with Crippen molar-refractivity contribution in [1.82, 2.24) is 16.0 Å². The van der Waals surface area contributed by atoms with Crippen molar-refractivity contribution in [1.29, 1.82) is 0 Å². The zero-order chi connectivity index (χ0) is 16.0. The Hall–Kier alpha value is -1.79. The van der Waals surface area contributed by atoms with Gasteiger partial charge in [0, 0.05) is 25.0 Å². The summed E-state index contributed by atoms with van der Waals surface area (Å²) >= 11 is 0. The first kappa shape index (κ1) is 17.3. The highest BCUT2D eigenvalue weighted by Gasteiger charge is 2.24. The number of amides is 3. The van der Waals surface area contributed by atoms with Crippen molar-refractivity contribution in [2.24, 2.45) is 5.41 Å². The fourth-order valence-electron chi connectivity index (χ4n) is 2.41. The van der Waals surface area contributed by atoms with Crippen molar-refractivity contribution >= 4 is 17.9 Å². The van der Waals surface area contributed by atoms with Crippen molar-refractivity contribution in [2.75, 3.05) is 6.54 Å². The van der Waals surface area contributed by atoms with Crippen molar-refractivity contribution < 1.29 is 19.5 Å². The molecular weight excluding hydrogens is 274 g/mol. The van der Waals surface area contributed by atoms with Crippen LogP contribution in [0.25, 0.3) is 0 Å². The van der Waals surface area contributed by atoms with E-state index in [2.05, 4.69) is 16.0 Å². The molecule has 0 aromatic carbocycles. The topological polar surface area (TPSA) is 108 Å². The third kappa shape index (κ3) is 7.53. The fourth-order valence-corrected chi connectivity index (χ4v) is 2.41. The molecule has 1 aliphatic heterocycles. The molecule has 1 fully saturated rings. The maximum atomic E-state index is 11.8. The lowest BCUT2D eigenvalue weighted by Crippen LogP contribution is -2.47. The number of carbonyl (C=O) groups is 3. The van der Waals surface area contributed by atoms with Gasteiger partial charge in [-0.15, -0.1) is 0 Å². The Morgan fingerprint density at radius 3 is 2.57 bits per heavy atom. The zero-order valence-corrected chi connectivity index (χ0v) is 12.9. The summed E-state index contributed by atoms with van der Waals surface area (Å²) in [6.45, 7) is 6.34. The molecule has 1 aliphatic rings. The summed E-state index contributed by atoms with van der Waals surface area (Å²) in [5.41, 5.74) is -0.0766. The molecule has 4 N–H and O–H groups in total. The number of hydrogen-bond acceptors (Lipinski definition) is 3. The summed E-state index contributed by atoms with van der Waals surface area (Å²) in [6.07, 6.45) is 1.66. The Morgan fingerprint density at radius 1 is 1.43 bits per heavy atom. The third-order valence-electron chi connectivity index (χ3n) is 3.21. The van der Waals surface area contributed by atoms with E-state index in [4.69, 9.17) is 5.11 Å². The van der Waals surface area contributed by atoms with Crippen LogP contribution in [0.5, 0.6) is 0 Å². The van der Waals surface area contributed by atoms with Crippen LogP contribution in [-0.2, 0) is 9.59 Å². The molecule has 0 radical (unpaired) electrons. The molecule has 0 saturated carbocycles. The van der Waals surface area contributed by atoms with E-state index < -0.39 is 18.0 Å². The summed E-state index contributed by atoms with van der Waals surface area (Å²) < 4.78 is 0. The number of aliphatic carboxylic acids is 1. The SMILES string of the molecule is CC(C)(C)CC(CC(=O)O)NC(=O)NCC1CCC(=O)N1. The van der Waals surface area contributed by atoms with Crippen molar-refractivity contribution in [2.45, 2.75) is 58.5 Å². The van der Waals surface area contributed by atoms with Gasteiger partial charge in [-0.25, -0.2) is 4.79 Å². The molecule has 0 bridgehead atoms. The first-order valence-electron chi connectivity index (χ1n) is 7.21. The second-order valence-electron chi connectivity index (χ2n) is 6.72. The minimum atomic E-state index is -0.937. The monoisotopic (exact) mass is 299 g/mol. The Balaban J connectivity index is 2.40. The lowest BCUT2D eigenvalue weighted by molar-refractivity contribution is -0.137. The van der Waals surface area contributed by atoms with Crippen LogP contribution in [0.15, 0.2) is 0 Å². The van der Waals surface area contributed by atoms with Gasteiger partial charge in [-0.05, 0) is 18.3 Å². The summed E-state index contributed by atoms with van der Waals surface area (Å²) in [5, 5.41) is 17.0. The predicted octanol–water partition coefficient (Wildman–Crippen LogP) is 0.844. The average Bonchev–Trinajstić information content (AvgIpc) is 2.69. The van der Waals surface area contributed by atoms with Crippen LogP contribution in [0, 0.1) is 5.41 Å². The molecule has 1 rings (SSSR count). The minimum Gasteiger partial charge on any atom is -0.481 e. The van der Waals surface area contributed by atoms with Crippen LogP contribution in [-0.4, -0.2) is 41.6 Å². The van der Waals surface area contributed by atoms with Crippen molar-refractivity contribution in [3.05, 3.63) is 0 Å². The van der Waals surface area contributed by atoms with Crippen LogP contribution in [0.1, 0.15) is 46.5 Å². The molecule has 0 aliphatic carbocycles. The van der Waals surface area contributed by atoms with E-state index in [1.165, 1.54) is 0 Å². The zero-order valence-electron chi connectivity index (χ0n) is 12.9. The second kappa shape index (κ2) is 7.28. The molecule has 120 valence electrons.